The van der Waals surface area contributed by atoms with Crippen molar-refractivity contribution in [3.05, 3.63) is 17.2 Å². The summed E-state index contributed by atoms with van der Waals surface area (Å²) < 4.78 is 15.5. The van der Waals surface area contributed by atoms with Gasteiger partial charge in [0.05, 0.1) is 7.11 Å². The van der Waals surface area contributed by atoms with Crippen LogP contribution in [0.25, 0.3) is 0 Å². The average Bonchev–Trinajstić information content (AvgIpc) is 2.41. The number of rotatable bonds is 2. The molecule has 0 aliphatic rings. The van der Waals surface area contributed by atoms with E-state index in [-0.39, 0.29) is 16.7 Å². The average molecular weight is 374 g/mol. The minimum absolute atomic E-state index is 0.0568. The van der Waals surface area contributed by atoms with Gasteiger partial charge >= 0.3 is 12.2 Å². The number of methoxy groups -OCH3 is 1. The second-order valence-electron chi connectivity index (χ2n) is 7.09. The molecule has 0 saturated heterocycles. The van der Waals surface area contributed by atoms with Gasteiger partial charge in [0.2, 0.25) is 5.88 Å². The Bertz CT molecular complexity index is 638. The van der Waals surface area contributed by atoms with Crippen LogP contribution in [0.1, 0.15) is 41.5 Å². The molecule has 0 bridgehead atoms. The fourth-order valence-corrected chi connectivity index (χ4v) is 1.76. The number of carbonyl (C=O) groups excluding carboxylic acids is 2. The molecular weight excluding hydrogens is 350 g/mol. The van der Waals surface area contributed by atoms with E-state index in [1.807, 2.05) is 0 Å². The highest BCUT2D eigenvalue weighted by Gasteiger charge is 2.28. The number of nitrogens with zero attached hydrogens (tertiary/aromatic N) is 2. The van der Waals surface area contributed by atoms with Crippen LogP contribution < -0.4 is 15.2 Å². The summed E-state index contributed by atoms with van der Waals surface area (Å²) in [5.74, 6) is 0.153. The molecule has 0 aromatic carbocycles. The van der Waals surface area contributed by atoms with Crippen molar-refractivity contribution in [2.24, 2.45) is 0 Å². The smallest absolute Gasteiger partial charge is 0.435 e. The zero-order chi connectivity index (χ0) is 19.4. The van der Waals surface area contributed by atoms with Crippen molar-refractivity contribution in [2.45, 2.75) is 52.7 Å². The van der Waals surface area contributed by atoms with Crippen LogP contribution in [-0.2, 0) is 9.47 Å². The summed E-state index contributed by atoms with van der Waals surface area (Å²) in [6, 6.07) is 2.92. The van der Waals surface area contributed by atoms with Crippen molar-refractivity contribution in [3.8, 4) is 5.88 Å². The van der Waals surface area contributed by atoms with Crippen molar-refractivity contribution >= 4 is 29.6 Å². The van der Waals surface area contributed by atoms with E-state index in [1.54, 1.807) is 41.5 Å². The van der Waals surface area contributed by atoms with E-state index < -0.39 is 23.4 Å². The quantitative estimate of drug-likeness (QED) is 0.790. The number of nitrogens with one attached hydrogen (secondary N) is 1. The Morgan fingerprint density at radius 3 is 2.12 bits per heavy atom. The molecule has 0 unspecified atom stereocenters. The molecule has 0 radical (unpaired) electrons. The minimum atomic E-state index is -0.839. The molecule has 0 aliphatic carbocycles. The molecule has 0 spiro atoms. The van der Waals surface area contributed by atoms with Gasteiger partial charge in [0.25, 0.3) is 0 Å². The van der Waals surface area contributed by atoms with E-state index >= 15 is 0 Å². The predicted molar refractivity (Wildman–Crippen MR) is 93.9 cm³/mol. The van der Waals surface area contributed by atoms with Gasteiger partial charge in [-0.15, -0.1) is 0 Å². The molecule has 2 amide bonds. The summed E-state index contributed by atoms with van der Waals surface area (Å²) in [4.78, 5) is 28.6. The number of aromatic nitrogens is 1. The molecule has 8 nitrogen and oxygen atoms in total. The van der Waals surface area contributed by atoms with Gasteiger partial charge in [-0.3, -0.25) is 0 Å². The molecule has 1 rings (SSSR count). The molecule has 0 fully saturated rings. The Labute approximate surface area is 152 Å². The van der Waals surface area contributed by atoms with Crippen LogP contribution in [0.4, 0.5) is 15.4 Å². The molecular formula is C16H24ClN3O5. The Hall–Kier alpha value is -2.22. The number of halogens is 1. The van der Waals surface area contributed by atoms with E-state index in [2.05, 4.69) is 10.4 Å². The number of hydrazine groups is 1. The third kappa shape index (κ3) is 7.04. The third-order valence-corrected chi connectivity index (χ3v) is 2.69. The van der Waals surface area contributed by atoms with Gasteiger partial charge in [0, 0.05) is 0 Å². The molecule has 1 heterocycles. The fraction of sp³-hybridized carbons (Fsp3) is 0.562. The second kappa shape index (κ2) is 7.77. The van der Waals surface area contributed by atoms with Gasteiger partial charge < -0.3 is 14.2 Å². The van der Waals surface area contributed by atoms with Gasteiger partial charge in [0.15, 0.2) is 5.82 Å². The van der Waals surface area contributed by atoms with Crippen LogP contribution in [0.15, 0.2) is 12.1 Å². The maximum atomic E-state index is 12.5. The summed E-state index contributed by atoms with van der Waals surface area (Å²) in [5, 5.41) is 1.09. The summed E-state index contributed by atoms with van der Waals surface area (Å²) in [6.45, 7) is 10.2. The fourth-order valence-electron chi connectivity index (χ4n) is 1.58. The van der Waals surface area contributed by atoms with E-state index in [9.17, 15) is 9.59 Å². The molecule has 140 valence electrons. The lowest BCUT2D eigenvalue weighted by molar-refractivity contribution is 0.0423. The number of pyridine rings is 1. The standard InChI is InChI=1S/C16H24ClN3O5/c1-15(2,3)24-13(21)19-20(14(22)25-16(4,5)6)11-9-8-10(17)12(18-11)23-7/h8-9H,1-7H3,(H,19,21). The molecule has 0 atom stereocenters. The maximum absolute atomic E-state index is 12.5. The lowest BCUT2D eigenvalue weighted by Crippen LogP contribution is -2.50. The molecule has 25 heavy (non-hydrogen) atoms. The zero-order valence-corrected chi connectivity index (χ0v) is 16.2. The molecule has 1 aromatic heterocycles. The molecule has 0 saturated carbocycles. The highest BCUT2D eigenvalue weighted by Crippen LogP contribution is 2.25. The second-order valence-corrected chi connectivity index (χ2v) is 7.50. The Kier molecular flexibility index (Phi) is 6.48. The van der Waals surface area contributed by atoms with Crippen molar-refractivity contribution in [1.29, 1.82) is 0 Å². The van der Waals surface area contributed by atoms with Crippen LogP contribution in [0.2, 0.25) is 5.02 Å². The zero-order valence-electron chi connectivity index (χ0n) is 15.5. The third-order valence-electron chi connectivity index (χ3n) is 2.40. The van der Waals surface area contributed by atoms with Crippen LogP contribution in [0.3, 0.4) is 0 Å². The predicted octanol–water partition coefficient (Wildman–Crippen LogP) is 3.92. The topological polar surface area (TPSA) is 90.0 Å². The first-order chi connectivity index (χ1) is 11.3. The molecule has 0 aliphatic heterocycles. The van der Waals surface area contributed by atoms with E-state index in [0.29, 0.717) is 0 Å². The van der Waals surface area contributed by atoms with Crippen LogP contribution in [-0.4, -0.2) is 35.5 Å². The molecule has 9 heteroatoms. The number of anilines is 1. The van der Waals surface area contributed by atoms with Crippen molar-refractivity contribution in [1.82, 2.24) is 10.4 Å². The first-order valence-electron chi connectivity index (χ1n) is 7.55. The number of ether oxygens (including phenoxy) is 3. The van der Waals surface area contributed by atoms with Gasteiger partial charge in [-0.1, -0.05) is 11.6 Å². The Morgan fingerprint density at radius 2 is 1.64 bits per heavy atom. The van der Waals surface area contributed by atoms with Crippen molar-refractivity contribution in [2.75, 3.05) is 12.1 Å². The van der Waals surface area contributed by atoms with E-state index in [1.165, 1.54) is 19.2 Å². The van der Waals surface area contributed by atoms with Crippen LogP contribution >= 0.6 is 11.6 Å². The number of hydrogen-bond acceptors (Lipinski definition) is 6. The highest BCUT2D eigenvalue weighted by atomic mass is 35.5. The summed E-state index contributed by atoms with van der Waals surface area (Å²) in [6.07, 6.45) is -1.68. The summed E-state index contributed by atoms with van der Waals surface area (Å²) in [5.41, 5.74) is 0.802. The van der Waals surface area contributed by atoms with Gasteiger partial charge in [-0.2, -0.15) is 9.99 Å². The maximum Gasteiger partial charge on any atom is 0.435 e. The summed E-state index contributed by atoms with van der Waals surface area (Å²) >= 11 is 5.95. The highest BCUT2D eigenvalue weighted by molar-refractivity contribution is 6.31. The van der Waals surface area contributed by atoms with Gasteiger partial charge in [0.1, 0.15) is 16.2 Å². The summed E-state index contributed by atoms with van der Waals surface area (Å²) in [7, 11) is 1.39. The van der Waals surface area contributed by atoms with Crippen molar-refractivity contribution in [3.63, 3.8) is 0 Å². The molecule has 1 N–H and O–H groups in total. The first kappa shape index (κ1) is 20.8. The largest absolute Gasteiger partial charge is 0.480 e. The Morgan fingerprint density at radius 1 is 1.08 bits per heavy atom. The van der Waals surface area contributed by atoms with E-state index in [0.717, 1.165) is 5.01 Å². The first-order valence-corrected chi connectivity index (χ1v) is 7.93. The van der Waals surface area contributed by atoms with Gasteiger partial charge in [-0.25, -0.2) is 15.0 Å². The number of carbonyl (C=O) groups is 2. The van der Waals surface area contributed by atoms with Crippen molar-refractivity contribution < 1.29 is 23.8 Å². The van der Waals surface area contributed by atoms with Crippen LogP contribution in [0.5, 0.6) is 5.88 Å². The molecule has 1 aromatic rings. The lowest BCUT2D eigenvalue weighted by atomic mass is 10.2. The number of hydrogen-bond donors (Lipinski definition) is 1. The SMILES string of the molecule is COc1nc(N(NC(=O)OC(C)(C)C)C(=O)OC(C)(C)C)ccc1Cl. The normalized spacial score (nSPS) is 11.5. The minimum Gasteiger partial charge on any atom is -0.480 e. The van der Waals surface area contributed by atoms with E-state index in [4.69, 9.17) is 25.8 Å². The Balaban J connectivity index is 3.15. The lowest BCUT2D eigenvalue weighted by Gasteiger charge is -2.28. The monoisotopic (exact) mass is 373 g/mol. The van der Waals surface area contributed by atoms with Crippen LogP contribution in [0, 0.1) is 0 Å². The van der Waals surface area contributed by atoms with Gasteiger partial charge in [-0.05, 0) is 53.7 Å². The number of amides is 2.